The van der Waals surface area contributed by atoms with Crippen LogP contribution < -0.4 is 9.80 Å². The molecule has 0 spiro atoms. The molecule has 2 heterocycles. The minimum Gasteiger partial charge on any atom is -0.370 e. The molecule has 0 bridgehead atoms. The molecule has 1 aromatic rings. The van der Waals surface area contributed by atoms with Gasteiger partial charge in [0.05, 0.1) is 43.8 Å². The molecular formula is C17H27N4O4S+. The van der Waals surface area contributed by atoms with Gasteiger partial charge in [-0.2, -0.15) is 4.31 Å². The van der Waals surface area contributed by atoms with Crippen molar-refractivity contribution in [3.63, 3.8) is 0 Å². The Morgan fingerprint density at radius 3 is 2.23 bits per heavy atom. The molecule has 2 aliphatic rings. The van der Waals surface area contributed by atoms with E-state index in [1.165, 1.54) is 21.3 Å². The molecule has 1 aromatic carbocycles. The molecule has 0 aliphatic carbocycles. The van der Waals surface area contributed by atoms with Crippen LogP contribution in [-0.4, -0.2) is 64.0 Å². The zero-order valence-electron chi connectivity index (χ0n) is 15.2. The first-order valence-corrected chi connectivity index (χ1v) is 10.7. The largest absolute Gasteiger partial charge is 0.370 e. The van der Waals surface area contributed by atoms with Crippen molar-refractivity contribution in [3.8, 4) is 0 Å². The van der Waals surface area contributed by atoms with Crippen LogP contribution in [-0.2, 0) is 10.0 Å². The van der Waals surface area contributed by atoms with E-state index in [-0.39, 0.29) is 10.6 Å². The summed E-state index contributed by atoms with van der Waals surface area (Å²) in [6.07, 6.45) is 4.28. The summed E-state index contributed by atoms with van der Waals surface area (Å²) in [7, 11) is -1.72. The predicted octanol–water partition coefficient (Wildman–Crippen LogP) is 0.494. The van der Waals surface area contributed by atoms with Crippen LogP contribution in [0.15, 0.2) is 23.1 Å². The number of nitrogens with one attached hydrogen (secondary N) is 1. The molecule has 2 saturated heterocycles. The summed E-state index contributed by atoms with van der Waals surface area (Å²) < 4.78 is 28.0. The number of hydrogen-bond acceptors (Lipinski definition) is 5. The number of nitro groups is 1. The van der Waals surface area contributed by atoms with Crippen molar-refractivity contribution in [2.75, 3.05) is 51.2 Å². The lowest BCUT2D eigenvalue weighted by Gasteiger charge is -2.31. The molecule has 1 N–H and O–H groups in total. The SMILES string of the molecule is C[NH+]1CCN(S(=O)(=O)c2cc([N+](=O)[O-])ccc2N2CCCCCC2)CC1. The lowest BCUT2D eigenvalue weighted by atomic mass is 10.2. The first-order chi connectivity index (χ1) is 12.4. The quantitative estimate of drug-likeness (QED) is 0.604. The van der Waals surface area contributed by atoms with E-state index in [1.54, 1.807) is 6.07 Å². The number of rotatable bonds is 4. The zero-order chi connectivity index (χ0) is 18.7. The minimum absolute atomic E-state index is 0.0770. The standard InChI is InChI=1S/C17H26N4O4S/c1-18-10-12-20(13-11-18)26(24,25)17-14-15(21(22)23)6-7-16(17)19-8-4-2-3-5-9-19/h6-7,14H,2-5,8-13H2,1H3/p+1. The fraction of sp³-hybridized carbons (Fsp3) is 0.647. The van der Waals surface area contributed by atoms with Gasteiger partial charge in [0.15, 0.2) is 0 Å². The van der Waals surface area contributed by atoms with Gasteiger partial charge < -0.3 is 9.80 Å². The van der Waals surface area contributed by atoms with Gasteiger partial charge in [-0.25, -0.2) is 8.42 Å². The highest BCUT2D eigenvalue weighted by Gasteiger charge is 2.33. The third kappa shape index (κ3) is 3.99. The number of piperazine rings is 1. The summed E-state index contributed by atoms with van der Waals surface area (Å²) in [6.45, 7) is 3.94. The molecule has 9 heteroatoms. The van der Waals surface area contributed by atoms with Crippen LogP contribution in [0.25, 0.3) is 0 Å². The van der Waals surface area contributed by atoms with Crippen molar-refractivity contribution in [2.45, 2.75) is 30.6 Å². The first kappa shape index (κ1) is 19.1. The van der Waals surface area contributed by atoms with Crippen molar-refractivity contribution < 1.29 is 18.2 Å². The second-order valence-electron chi connectivity index (χ2n) is 7.17. The Balaban J connectivity index is 2.01. The van der Waals surface area contributed by atoms with Gasteiger partial charge in [-0.15, -0.1) is 0 Å². The Labute approximate surface area is 154 Å². The minimum atomic E-state index is -3.76. The number of anilines is 1. The average Bonchev–Trinajstić information content (AvgIpc) is 2.91. The topological polar surface area (TPSA) is 88.2 Å². The van der Waals surface area contributed by atoms with E-state index in [9.17, 15) is 18.5 Å². The van der Waals surface area contributed by atoms with Crippen molar-refractivity contribution in [1.82, 2.24) is 4.31 Å². The monoisotopic (exact) mass is 383 g/mol. The van der Waals surface area contributed by atoms with E-state index in [0.717, 1.165) is 51.9 Å². The van der Waals surface area contributed by atoms with Crippen LogP contribution in [0.1, 0.15) is 25.7 Å². The summed E-state index contributed by atoms with van der Waals surface area (Å²) in [6, 6.07) is 4.26. The molecular weight excluding hydrogens is 356 g/mol. The average molecular weight is 383 g/mol. The molecule has 144 valence electrons. The van der Waals surface area contributed by atoms with E-state index < -0.39 is 14.9 Å². The van der Waals surface area contributed by atoms with E-state index in [0.29, 0.717) is 18.8 Å². The van der Waals surface area contributed by atoms with Gasteiger partial charge in [0, 0.05) is 25.2 Å². The molecule has 0 amide bonds. The molecule has 0 aromatic heterocycles. The molecule has 0 saturated carbocycles. The van der Waals surface area contributed by atoms with Gasteiger partial charge in [0.25, 0.3) is 5.69 Å². The number of sulfonamides is 1. The second-order valence-corrected chi connectivity index (χ2v) is 9.08. The Hall–Kier alpha value is -1.71. The molecule has 3 rings (SSSR count). The third-order valence-corrected chi connectivity index (χ3v) is 7.22. The smallest absolute Gasteiger partial charge is 0.270 e. The van der Waals surface area contributed by atoms with Crippen molar-refractivity contribution in [3.05, 3.63) is 28.3 Å². The van der Waals surface area contributed by atoms with Crippen LogP contribution >= 0.6 is 0 Å². The summed E-state index contributed by atoms with van der Waals surface area (Å²) in [5, 5.41) is 11.2. The lowest BCUT2D eigenvalue weighted by molar-refractivity contribution is -0.883. The molecule has 26 heavy (non-hydrogen) atoms. The number of nitrogens with zero attached hydrogens (tertiary/aromatic N) is 3. The van der Waals surface area contributed by atoms with Crippen LogP contribution in [0.3, 0.4) is 0 Å². The highest BCUT2D eigenvalue weighted by atomic mass is 32.2. The number of quaternary nitrogens is 1. The van der Waals surface area contributed by atoms with Gasteiger partial charge in [-0.05, 0) is 18.9 Å². The number of hydrogen-bond donors (Lipinski definition) is 1. The number of nitro benzene ring substituents is 1. The van der Waals surface area contributed by atoms with E-state index in [1.807, 2.05) is 7.05 Å². The van der Waals surface area contributed by atoms with Crippen LogP contribution in [0.4, 0.5) is 11.4 Å². The fourth-order valence-corrected chi connectivity index (χ4v) is 5.32. The molecule has 0 atom stereocenters. The van der Waals surface area contributed by atoms with Crippen LogP contribution in [0.5, 0.6) is 0 Å². The maximum atomic E-state index is 13.3. The predicted molar refractivity (Wildman–Crippen MR) is 99.2 cm³/mol. The molecule has 0 unspecified atom stereocenters. The Morgan fingerprint density at radius 2 is 1.65 bits per heavy atom. The van der Waals surface area contributed by atoms with Gasteiger partial charge >= 0.3 is 0 Å². The summed E-state index contributed by atoms with van der Waals surface area (Å²) >= 11 is 0. The van der Waals surface area contributed by atoms with E-state index in [4.69, 9.17) is 0 Å². The highest BCUT2D eigenvalue weighted by molar-refractivity contribution is 7.89. The summed E-state index contributed by atoms with van der Waals surface area (Å²) in [4.78, 5) is 14.1. The Bertz CT molecular complexity index is 752. The third-order valence-electron chi connectivity index (χ3n) is 5.29. The molecule has 0 radical (unpaired) electrons. The number of non-ortho nitro benzene ring substituents is 1. The number of benzene rings is 1. The van der Waals surface area contributed by atoms with Crippen molar-refractivity contribution >= 4 is 21.4 Å². The highest BCUT2D eigenvalue weighted by Crippen LogP contribution is 2.33. The fourth-order valence-electron chi connectivity index (χ4n) is 3.64. The Morgan fingerprint density at radius 1 is 1.04 bits per heavy atom. The van der Waals surface area contributed by atoms with Crippen LogP contribution in [0, 0.1) is 10.1 Å². The summed E-state index contributed by atoms with van der Waals surface area (Å²) in [5.74, 6) is 0. The van der Waals surface area contributed by atoms with Crippen molar-refractivity contribution in [1.29, 1.82) is 0 Å². The van der Waals surface area contributed by atoms with Crippen molar-refractivity contribution in [2.24, 2.45) is 0 Å². The van der Waals surface area contributed by atoms with E-state index >= 15 is 0 Å². The number of likely N-dealkylation sites (N-methyl/N-ethyl adjacent to an activating group) is 1. The first-order valence-electron chi connectivity index (χ1n) is 9.24. The van der Waals surface area contributed by atoms with Gasteiger partial charge in [0.2, 0.25) is 10.0 Å². The molecule has 2 fully saturated rings. The maximum absolute atomic E-state index is 13.3. The van der Waals surface area contributed by atoms with Gasteiger partial charge in [-0.1, -0.05) is 12.8 Å². The molecule has 2 aliphatic heterocycles. The zero-order valence-corrected chi connectivity index (χ0v) is 16.0. The molecule has 8 nitrogen and oxygen atoms in total. The van der Waals surface area contributed by atoms with E-state index in [2.05, 4.69) is 4.90 Å². The lowest BCUT2D eigenvalue weighted by Crippen LogP contribution is -3.12. The second kappa shape index (κ2) is 7.89. The van der Waals surface area contributed by atoms with Gasteiger partial charge in [-0.3, -0.25) is 10.1 Å². The summed E-state index contributed by atoms with van der Waals surface area (Å²) in [5.41, 5.74) is 0.422. The van der Waals surface area contributed by atoms with Crippen LogP contribution in [0.2, 0.25) is 0 Å². The van der Waals surface area contributed by atoms with Gasteiger partial charge in [0.1, 0.15) is 4.90 Å². The maximum Gasteiger partial charge on any atom is 0.270 e. The Kier molecular flexibility index (Phi) is 5.79. The normalized spacial score (nSPS) is 20.7.